The summed E-state index contributed by atoms with van der Waals surface area (Å²) < 4.78 is 56.4. The summed E-state index contributed by atoms with van der Waals surface area (Å²) in [4.78, 5) is 21.4. The highest BCUT2D eigenvalue weighted by atomic mass is 32.2. The van der Waals surface area contributed by atoms with E-state index in [4.69, 9.17) is 0 Å². The molecule has 1 N–H and O–H groups in total. The topological polar surface area (TPSA) is 96.7 Å². The van der Waals surface area contributed by atoms with Gasteiger partial charge in [0.1, 0.15) is 5.69 Å². The van der Waals surface area contributed by atoms with Crippen molar-refractivity contribution >= 4 is 21.7 Å². The zero-order valence-corrected chi connectivity index (χ0v) is 19.2. The molecular weight excluding hydrogens is 440 g/mol. The lowest BCUT2D eigenvalue weighted by Gasteiger charge is -2.31. The van der Waals surface area contributed by atoms with Gasteiger partial charge in [-0.05, 0) is 24.8 Å². The van der Waals surface area contributed by atoms with Crippen LogP contribution in [0.5, 0.6) is 0 Å². The Kier molecular flexibility index (Phi) is 6.23. The van der Waals surface area contributed by atoms with Gasteiger partial charge in [-0.1, -0.05) is 33.1 Å². The van der Waals surface area contributed by atoms with E-state index in [0.29, 0.717) is 5.69 Å². The number of rotatable bonds is 5. The molecule has 3 heterocycles. The number of hydrogen-bond donors (Lipinski definition) is 1. The molecule has 2 aliphatic rings. The Labute approximate surface area is 186 Å². The molecule has 1 aliphatic carbocycles. The SMILES string of the molecule is CC(C)c1nc2nc(C(=O)NC3CCCCC3)ccn2c1S(=O)(=O)N1CCC(F)(F)CC1. The van der Waals surface area contributed by atoms with Gasteiger partial charge in [0.05, 0.1) is 5.69 Å². The molecule has 0 aromatic carbocycles. The van der Waals surface area contributed by atoms with Crippen molar-refractivity contribution in [1.29, 1.82) is 0 Å². The van der Waals surface area contributed by atoms with Crippen LogP contribution in [-0.2, 0) is 10.0 Å². The molecular formula is C21H29F2N5O3S. The molecule has 2 aromatic rings. The van der Waals surface area contributed by atoms with E-state index in [1.165, 1.54) is 23.1 Å². The normalized spacial score (nSPS) is 20.7. The van der Waals surface area contributed by atoms with E-state index in [2.05, 4.69) is 15.3 Å². The van der Waals surface area contributed by atoms with Crippen LogP contribution < -0.4 is 5.32 Å². The fraction of sp³-hybridized carbons (Fsp3) is 0.667. The second kappa shape index (κ2) is 8.66. The third kappa shape index (κ3) is 4.50. The highest BCUT2D eigenvalue weighted by Crippen LogP contribution is 2.33. The third-order valence-corrected chi connectivity index (χ3v) is 8.17. The first-order valence-electron chi connectivity index (χ1n) is 11.2. The molecule has 4 rings (SSSR count). The molecule has 2 fully saturated rings. The van der Waals surface area contributed by atoms with Crippen LogP contribution in [0.1, 0.15) is 80.9 Å². The Morgan fingerprint density at radius 2 is 1.81 bits per heavy atom. The van der Waals surface area contributed by atoms with E-state index in [0.717, 1.165) is 30.0 Å². The van der Waals surface area contributed by atoms with Crippen LogP contribution in [-0.4, -0.2) is 58.1 Å². The number of halogens is 2. The van der Waals surface area contributed by atoms with Gasteiger partial charge >= 0.3 is 0 Å². The molecule has 0 unspecified atom stereocenters. The van der Waals surface area contributed by atoms with E-state index >= 15 is 0 Å². The number of imidazole rings is 1. The Hall–Kier alpha value is -2.14. The number of aromatic nitrogens is 3. The molecule has 1 saturated carbocycles. The Morgan fingerprint density at radius 3 is 2.44 bits per heavy atom. The largest absolute Gasteiger partial charge is 0.348 e. The van der Waals surface area contributed by atoms with E-state index in [1.807, 2.05) is 13.8 Å². The van der Waals surface area contributed by atoms with Crippen LogP contribution in [0.4, 0.5) is 8.78 Å². The summed E-state index contributed by atoms with van der Waals surface area (Å²) in [5.41, 5.74) is 0.476. The molecule has 0 bridgehead atoms. The summed E-state index contributed by atoms with van der Waals surface area (Å²) in [5, 5.41) is 2.93. The quantitative estimate of drug-likeness (QED) is 0.725. The Morgan fingerprint density at radius 1 is 1.16 bits per heavy atom. The number of alkyl halides is 2. The highest BCUT2D eigenvalue weighted by molar-refractivity contribution is 7.89. The number of hydrogen-bond acceptors (Lipinski definition) is 5. The Balaban J connectivity index is 1.67. The van der Waals surface area contributed by atoms with Crippen molar-refractivity contribution in [1.82, 2.24) is 24.0 Å². The van der Waals surface area contributed by atoms with E-state index in [9.17, 15) is 22.0 Å². The zero-order chi connectivity index (χ0) is 23.1. The fourth-order valence-corrected chi connectivity index (χ4v) is 6.21. The van der Waals surface area contributed by atoms with Gasteiger partial charge in [0.15, 0.2) is 5.03 Å². The van der Waals surface area contributed by atoms with Crippen LogP contribution in [0, 0.1) is 0 Å². The van der Waals surface area contributed by atoms with Gasteiger partial charge < -0.3 is 5.32 Å². The molecule has 2 aromatic heterocycles. The molecule has 32 heavy (non-hydrogen) atoms. The van der Waals surface area contributed by atoms with Crippen LogP contribution >= 0.6 is 0 Å². The van der Waals surface area contributed by atoms with Crippen LogP contribution in [0.2, 0.25) is 0 Å². The monoisotopic (exact) mass is 469 g/mol. The van der Waals surface area contributed by atoms with Crippen molar-refractivity contribution in [2.24, 2.45) is 0 Å². The number of nitrogens with zero attached hydrogens (tertiary/aromatic N) is 4. The summed E-state index contributed by atoms with van der Waals surface area (Å²) in [6.45, 7) is 3.11. The average Bonchev–Trinajstić information content (AvgIpc) is 3.14. The second-order valence-electron chi connectivity index (χ2n) is 9.01. The molecule has 1 amide bonds. The van der Waals surface area contributed by atoms with E-state index < -0.39 is 28.8 Å². The molecule has 0 radical (unpaired) electrons. The minimum Gasteiger partial charge on any atom is -0.348 e. The molecule has 11 heteroatoms. The molecule has 8 nitrogen and oxygen atoms in total. The first-order chi connectivity index (χ1) is 15.1. The third-order valence-electron chi connectivity index (χ3n) is 6.23. The lowest BCUT2D eigenvalue weighted by Crippen LogP contribution is -2.43. The van der Waals surface area contributed by atoms with Crippen molar-refractivity contribution in [3.05, 3.63) is 23.7 Å². The predicted octanol–water partition coefficient (Wildman–Crippen LogP) is 3.34. The van der Waals surface area contributed by atoms with Gasteiger partial charge in [-0.3, -0.25) is 9.20 Å². The molecule has 176 valence electrons. The van der Waals surface area contributed by atoms with Crippen LogP contribution in [0.25, 0.3) is 5.78 Å². The lowest BCUT2D eigenvalue weighted by atomic mass is 9.95. The predicted molar refractivity (Wildman–Crippen MR) is 114 cm³/mol. The number of fused-ring (bicyclic) bond motifs is 1. The standard InChI is InChI=1S/C21H29F2N5O3S/c1-14(2)17-19(32(30,31)27-12-9-21(22,23)10-13-27)28-11-8-16(25-20(28)26-17)18(29)24-15-6-4-3-5-7-15/h8,11,14-15H,3-7,9-10,12-13H2,1-2H3,(H,24,29). The van der Waals surface area contributed by atoms with Crippen molar-refractivity contribution in [2.75, 3.05) is 13.1 Å². The van der Waals surface area contributed by atoms with Crippen LogP contribution in [0.3, 0.4) is 0 Å². The van der Waals surface area contributed by atoms with E-state index in [1.54, 1.807) is 0 Å². The molecule has 1 aliphatic heterocycles. The maximum Gasteiger partial charge on any atom is 0.270 e. The molecule has 1 saturated heterocycles. The summed E-state index contributed by atoms with van der Waals surface area (Å²) in [7, 11) is -4.07. The maximum atomic E-state index is 13.6. The zero-order valence-electron chi connectivity index (χ0n) is 18.4. The minimum atomic E-state index is -4.07. The van der Waals surface area contributed by atoms with Crippen molar-refractivity contribution in [2.45, 2.75) is 81.7 Å². The highest BCUT2D eigenvalue weighted by Gasteiger charge is 2.41. The van der Waals surface area contributed by atoms with Gasteiger partial charge in [0.25, 0.3) is 21.9 Å². The smallest absolute Gasteiger partial charge is 0.270 e. The fourth-order valence-electron chi connectivity index (χ4n) is 4.37. The van der Waals surface area contributed by atoms with E-state index in [-0.39, 0.29) is 47.5 Å². The van der Waals surface area contributed by atoms with Crippen molar-refractivity contribution in [3.8, 4) is 0 Å². The van der Waals surface area contributed by atoms with Crippen LogP contribution in [0.15, 0.2) is 17.3 Å². The summed E-state index contributed by atoms with van der Waals surface area (Å²) in [6, 6.07) is 1.59. The first-order valence-corrected chi connectivity index (χ1v) is 12.6. The van der Waals surface area contributed by atoms with Gasteiger partial charge in [0, 0.05) is 38.2 Å². The number of amides is 1. The summed E-state index contributed by atoms with van der Waals surface area (Å²) >= 11 is 0. The van der Waals surface area contributed by atoms with Gasteiger partial charge in [-0.25, -0.2) is 27.2 Å². The first kappa shape index (κ1) is 23.0. The van der Waals surface area contributed by atoms with Gasteiger partial charge in [0.2, 0.25) is 5.78 Å². The lowest BCUT2D eigenvalue weighted by molar-refractivity contribution is -0.0412. The summed E-state index contributed by atoms with van der Waals surface area (Å²) in [5.74, 6) is -3.30. The van der Waals surface area contributed by atoms with Crippen molar-refractivity contribution in [3.63, 3.8) is 0 Å². The Bertz CT molecular complexity index is 1100. The second-order valence-corrected chi connectivity index (χ2v) is 10.9. The molecule has 0 atom stereocenters. The number of sulfonamides is 1. The number of nitrogens with one attached hydrogen (secondary N) is 1. The summed E-state index contributed by atoms with van der Waals surface area (Å²) in [6.07, 6.45) is 5.67. The number of piperidine rings is 1. The number of carbonyl (C=O) groups excluding carboxylic acids is 1. The molecule has 0 spiro atoms. The average molecular weight is 470 g/mol. The number of carbonyl (C=O) groups is 1. The van der Waals surface area contributed by atoms with Crippen molar-refractivity contribution < 1.29 is 22.0 Å². The minimum absolute atomic E-state index is 0.0699. The maximum absolute atomic E-state index is 13.6. The van der Waals surface area contributed by atoms with Gasteiger partial charge in [-0.15, -0.1) is 0 Å². The van der Waals surface area contributed by atoms with Gasteiger partial charge in [-0.2, -0.15) is 4.31 Å².